The summed E-state index contributed by atoms with van der Waals surface area (Å²) in [6.07, 6.45) is 5.24. The molecule has 0 unspecified atom stereocenters. The Hall–Kier alpha value is -3.05. The summed E-state index contributed by atoms with van der Waals surface area (Å²) in [5, 5.41) is 10.4. The van der Waals surface area contributed by atoms with Crippen LogP contribution < -0.4 is 22.1 Å². The van der Waals surface area contributed by atoms with Gasteiger partial charge in [0.2, 0.25) is 0 Å². The van der Waals surface area contributed by atoms with Crippen molar-refractivity contribution < 1.29 is 13.6 Å². The zero-order valence-electron chi connectivity index (χ0n) is 16.9. The van der Waals surface area contributed by atoms with E-state index in [-0.39, 0.29) is 33.3 Å². The van der Waals surface area contributed by atoms with Crippen LogP contribution in [0.25, 0.3) is 10.6 Å². The van der Waals surface area contributed by atoms with Gasteiger partial charge in [-0.3, -0.25) is 9.48 Å². The molecule has 1 saturated carbocycles. The highest BCUT2D eigenvalue weighted by Crippen LogP contribution is 2.34. The van der Waals surface area contributed by atoms with Crippen LogP contribution in [0.2, 0.25) is 0 Å². The molecule has 11 heteroatoms. The highest BCUT2D eigenvalue weighted by atomic mass is 32.1. The molecule has 3 aromatic rings. The second kappa shape index (κ2) is 8.60. The first-order valence-electron chi connectivity index (χ1n) is 9.89. The molecular formula is C20H23F2N7OS. The van der Waals surface area contributed by atoms with Gasteiger partial charge in [0.25, 0.3) is 5.91 Å². The molecule has 0 aliphatic heterocycles. The molecule has 0 spiro atoms. The Kier molecular flexibility index (Phi) is 5.88. The number of carbonyl (C=O) groups is 1. The molecule has 0 bridgehead atoms. The number of rotatable bonds is 5. The molecule has 0 radical (unpaired) electrons. The van der Waals surface area contributed by atoms with Crippen LogP contribution in [-0.4, -0.2) is 32.8 Å². The number of halogens is 2. The van der Waals surface area contributed by atoms with Crippen molar-refractivity contribution in [1.29, 1.82) is 0 Å². The number of thiazole rings is 1. The van der Waals surface area contributed by atoms with E-state index in [4.69, 9.17) is 11.5 Å². The molecule has 164 valence electrons. The third kappa shape index (κ3) is 4.37. The van der Waals surface area contributed by atoms with Crippen LogP contribution in [0.3, 0.4) is 0 Å². The molecule has 0 saturated heterocycles. The number of hydrogen-bond donors (Lipinski definition) is 4. The molecular weight excluding hydrogens is 424 g/mol. The zero-order chi connectivity index (χ0) is 22.1. The van der Waals surface area contributed by atoms with Gasteiger partial charge in [-0.2, -0.15) is 5.10 Å². The number of aromatic nitrogens is 3. The lowest BCUT2D eigenvalue weighted by Crippen LogP contribution is -2.33. The van der Waals surface area contributed by atoms with E-state index in [2.05, 4.69) is 20.7 Å². The Labute approximate surface area is 181 Å². The van der Waals surface area contributed by atoms with E-state index in [1.165, 1.54) is 12.3 Å². The molecule has 31 heavy (non-hydrogen) atoms. The van der Waals surface area contributed by atoms with Gasteiger partial charge >= 0.3 is 0 Å². The van der Waals surface area contributed by atoms with E-state index in [1.807, 2.05) is 0 Å². The number of nitrogens with two attached hydrogens (primary N) is 2. The molecule has 1 aliphatic carbocycles. The predicted octanol–water partition coefficient (Wildman–Crippen LogP) is 3.34. The van der Waals surface area contributed by atoms with E-state index < -0.39 is 17.5 Å². The van der Waals surface area contributed by atoms with E-state index in [0.29, 0.717) is 11.5 Å². The van der Waals surface area contributed by atoms with E-state index >= 15 is 0 Å². The summed E-state index contributed by atoms with van der Waals surface area (Å²) in [7, 11) is 1.77. The highest BCUT2D eigenvalue weighted by Gasteiger charge is 2.24. The Balaban J connectivity index is 1.54. The van der Waals surface area contributed by atoms with Gasteiger partial charge < -0.3 is 22.1 Å². The number of benzene rings is 1. The van der Waals surface area contributed by atoms with Gasteiger partial charge in [0, 0.05) is 19.1 Å². The van der Waals surface area contributed by atoms with Gasteiger partial charge in [-0.1, -0.05) is 17.4 Å². The lowest BCUT2D eigenvalue weighted by atomic mass is 9.92. The van der Waals surface area contributed by atoms with Crippen LogP contribution in [0.15, 0.2) is 24.4 Å². The molecule has 1 aromatic carbocycles. The largest absolute Gasteiger partial charge is 0.389 e. The lowest BCUT2D eigenvalue weighted by Gasteiger charge is -2.27. The number of carbonyl (C=O) groups excluding carboxylic acids is 1. The Morgan fingerprint density at radius 1 is 1.23 bits per heavy atom. The van der Waals surface area contributed by atoms with Crippen molar-refractivity contribution in [2.75, 3.05) is 16.4 Å². The fraction of sp³-hybridized carbons (Fsp3) is 0.350. The molecule has 8 nitrogen and oxygen atoms in total. The van der Waals surface area contributed by atoms with E-state index in [0.717, 1.165) is 49.2 Å². The maximum atomic E-state index is 14.1. The van der Waals surface area contributed by atoms with Crippen LogP contribution >= 0.6 is 11.3 Å². The molecule has 0 atom stereocenters. The summed E-state index contributed by atoms with van der Waals surface area (Å²) in [6, 6.07) is 3.97. The third-order valence-electron chi connectivity index (χ3n) is 5.34. The molecule has 4 rings (SSSR count). The minimum absolute atomic E-state index is 0.00123. The first kappa shape index (κ1) is 21.2. The predicted molar refractivity (Wildman–Crippen MR) is 117 cm³/mol. The zero-order valence-corrected chi connectivity index (χ0v) is 17.7. The lowest BCUT2D eigenvalue weighted by molar-refractivity contribution is 0.102. The summed E-state index contributed by atoms with van der Waals surface area (Å²) in [6.45, 7) is 0. The summed E-state index contributed by atoms with van der Waals surface area (Å²) in [5.74, 6) is -1.47. The van der Waals surface area contributed by atoms with E-state index in [9.17, 15) is 13.6 Å². The second-order valence-electron chi connectivity index (χ2n) is 7.57. The standard InChI is InChI=1S/C20H23F2N7OS/c1-29-18(26-11-7-5-10(23)6-8-11)14(9-25-29)27-19(30)16-17(24)31-20(28-16)15-12(21)3-2-4-13(15)22/h2-4,9-11,26H,5-8,23-24H2,1H3,(H,27,30)/t10-,11+. The number of aryl methyl sites for hydroxylation is 1. The van der Waals surface area contributed by atoms with Crippen molar-refractivity contribution in [3.05, 3.63) is 41.7 Å². The van der Waals surface area contributed by atoms with Crippen LogP contribution in [-0.2, 0) is 7.05 Å². The first-order valence-corrected chi connectivity index (χ1v) is 10.7. The van der Waals surface area contributed by atoms with Gasteiger partial charge in [-0.05, 0) is 37.8 Å². The minimum Gasteiger partial charge on any atom is -0.389 e. The second-order valence-corrected chi connectivity index (χ2v) is 8.60. The number of nitrogens with zero attached hydrogens (tertiary/aromatic N) is 3. The Morgan fingerprint density at radius 2 is 1.90 bits per heavy atom. The number of nitrogens with one attached hydrogen (secondary N) is 2. The quantitative estimate of drug-likeness (QED) is 0.476. The molecule has 1 aliphatic rings. The van der Waals surface area contributed by atoms with Crippen LogP contribution in [0.5, 0.6) is 0 Å². The minimum atomic E-state index is -0.772. The summed E-state index contributed by atoms with van der Waals surface area (Å²) < 4.78 is 29.8. The van der Waals surface area contributed by atoms with Crippen LogP contribution in [0, 0.1) is 11.6 Å². The Morgan fingerprint density at radius 3 is 2.58 bits per heavy atom. The average Bonchev–Trinajstić information content (AvgIpc) is 3.27. The topological polar surface area (TPSA) is 124 Å². The fourth-order valence-electron chi connectivity index (χ4n) is 3.64. The van der Waals surface area contributed by atoms with Crippen molar-refractivity contribution in [2.24, 2.45) is 12.8 Å². The number of amides is 1. The molecule has 2 heterocycles. The molecule has 2 aromatic heterocycles. The summed E-state index contributed by atoms with van der Waals surface area (Å²) in [4.78, 5) is 16.9. The summed E-state index contributed by atoms with van der Waals surface area (Å²) in [5.41, 5.74) is 12.0. The van der Waals surface area contributed by atoms with E-state index in [1.54, 1.807) is 11.7 Å². The molecule has 1 fully saturated rings. The van der Waals surface area contributed by atoms with Gasteiger partial charge in [-0.15, -0.1) is 0 Å². The molecule has 6 N–H and O–H groups in total. The number of nitrogen functional groups attached to an aromatic ring is 1. The normalized spacial score (nSPS) is 18.7. The SMILES string of the molecule is Cn1ncc(NC(=O)c2nc(-c3c(F)cccc3F)sc2N)c1N[C@H]1CC[C@@H](N)CC1. The van der Waals surface area contributed by atoms with Crippen molar-refractivity contribution in [1.82, 2.24) is 14.8 Å². The first-order chi connectivity index (χ1) is 14.8. The van der Waals surface area contributed by atoms with Gasteiger partial charge in [0.1, 0.15) is 33.1 Å². The highest BCUT2D eigenvalue weighted by molar-refractivity contribution is 7.19. The molecule has 1 amide bonds. The Bertz CT molecular complexity index is 1080. The summed E-state index contributed by atoms with van der Waals surface area (Å²) >= 11 is 0.850. The number of hydrogen-bond acceptors (Lipinski definition) is 7. The van der Waals surface area contributed by atoms with Crippen molar-refractivity contribution in [3.8, 4) is 10.6 Å². The fourth-order valence-corrected chi connectivity index (χ4v) is 4.52. The average molecular weight is 448 g/mol. The number of anilines is 3. The van der Waals surface area contributed by atoms with Crippen LogP contribution in [0.1, 0.15) is 36.2 Å². The van der Waals surface area contributed by atoms with Gasteiger partial charge in [-0.25, -0.2) is 13.8 Å². The van der Waals surface area contributed by atoms with Crippen molar-refractivity contribution in [3.63, 3.8) is 0 Å². The van der Waals surface area contributed by atoms with Gasteiger partial charge in [0.05, 0.1) is 11.8 Å². The van der Waals surface area contributed by atoms with Gasteiger partial charge in [0.15, 0.2) is 5.69 Å². The van der Waals surface area contributed by atoms with Crippen LogP contribution in [0.4, 0.5) is 25.3 Å². The van der Waals surface area contributed by atoms with Crippen molar-refractivity contribution in [2.45, 2.75) is 37.8 Å². The monoisotopic (exact) mass is 447 g/mol. The van der Waals surface area contributed by atoms with Crippen molar-refractivity contribution >= 4 is 33.8 Å². The third-order valence-corrected chi connectivity index (χ3v) is 6.25. The maximum absolute atomic E-state index is 14.1. The maximum Gasteiger partial charge on any atom is 0.277 e. The smallest absolute Gasteiger partial charge is 0.277 e.